The zero-order valence-electron chi connectivity index (χ0n) is 20.6. The van der Waals surface area contributed by atoms with Gasteiger partial charge in [0.25, 0.3) is 5.91 Å². The third-order valence-corrected chi connectivity index (χ3v) is 6.29. The highest BCUT2D eigenvalue weighted by molar-refractivity contribution is 6.14. The largest absolute Gasteiger partial charge is 0.503 e. The average molecular weight is 503 g/mol. The maximum Gasteiger partial charge on any atom is 0.290 e. The molecular weight excluding hydrogens is 476 g/mol. The lowest BCUT2D eigenvalue weighted by Crippen LogP contribution is -2.30. The molecule has 0 aliphatic carbocycles. The Morgan fingerprint density at radius 3 is 2.39 bits per heavy atom. The maximum absolute atomic E-state index is 13.4. The van der Waals surface area contributed by atoms with Gasteiger partial charge in [-0.15, -0.1) is 0 Å². The molecule has 188 valence electrons. The third-order valence-electron chi connectivity index (χ3n) is 6.29. The van der Waals surface area contributed by atoms with Crippen molar-refractivity contribution in [2.45, 2.75) is 19.2 Å². The van der Waals surface area contributed by atoms with Crippen molar-refractivity contribution >= 4 is 17.8 Å². The van der Waals surface area contributed by atoms with Crippen molar-refractivity contribution in [2.75, 3.05) is 0 Å². The molecule has 1 aromatic heterocycles. The van der Waals surface area contributed by atoms with Crippen molar-refractivity contribution in [1.29, 1.82) is 0 Å². The molecule has 0 bridgehead atoms. The Morgan fingerprint density at radius 1 is 0.921 bits per heavy atom. The monoisotopic (exact) mass is 502 g/mol. The zero-order chi connectivity index (χ0) is 26.3. The molecule has 2 heterocycles. The second-order valence-electron chi connectivity index (χ2n) is 8.91. The molecule has 4 aromatic rings. The van der Waals surface area contributed by atoms with Crippen LogP contribution in [0.25, 0.3) is 6.08 Å². The minimum absolute atomic E-state index is 0.0336. The Kier molecular flexibility index (Phi) is 7.41. The highest BCUT2D eigenvalue weighted by Crippen LogP contribution is 2.40. The number of nitrogens with zero attached hydrogens (tertiary/aromatic N) is 2. The van der Waals surface area contributed by atoms with Gasteiger partial charge >= 0.3 is 0 Å². The summed E-state index contributed by atoms with van der Waals surface area (Å²) in [5.74, 6) is -0.990. The molecule has 1 N–H and O–H groups in total. The van der Waals surface area contributed by atoms with E-state index >= 15 is 0 Å². The fourth-order valence-electron chi connectivity index (χ4n) is 4.44. The predicted molar refractivity (Wildman–Crippen MR) is 145 cm³/mol. The first-order valence-corrected chi connectivity index (χ1v) is 12.3. The highest BCUT2D eigenvalue weighted by Gasteiger charge is 2.43. The summed E-state index contributed by atoms with van der Waals surface area (Å²) in [4.78, 5) is 32.3. The van der Waals surface area contributed by atoms with Crippen LogP contribution in [0, 0.1) is 0 Å². The van der Waals surface area contributed by atoms with Gasteiger partial charge in [0.05, 0.1) is 11.6 Å². The topological polar surface area (TPSA) is 79.7 Å². The van der Waals surface area contributed by atoms with Crippen molar-refractivity contribution in [3.63, 3.8) is 0 Å². The van der Waals surface area contributed by atoms with E-state index in [0.29, 0.717) is 17.9 Å². The third kappa shape index (κ3) is 5.55. The van der Waals surface area contributed by atoms with E-state index in [9.17, 15) is 14.7 Å². The minimum Gasteiger partial charge on any atom is -0.503 e. The predicted octanol–water partition coefficient (Wildman–Crippen LogP) is 5.84. The number of hydrogen-bond donors (Lipinski definition) is 1. The van der Waals surface area contributed by atoms with Crippen LogP contribution in [-0.2, 0) is 22.7 Å². The lowest BCUT2D eigenvalue weighted by atomic mass is 9.95. The van der Waals surface area contributed by atoms with Crippen molar-refractivity contribution < 1.29 is 19.4 Å². The summed E-state index contributed by atoms with van der Waals surface area (Å²) in [5.41, 5.74) is 3.33. The molecule has 5 rings (SSSR count). The number of benzene rings is 3. The molecular formula is C32H26N2O4. The molecule has 6 heteroatoms. The number of carbonyl (C=O) groups excluding carboxylic acids is 2. The normalized spacial score (nSPS) is 15.3. The number of aliphatic hydroxyl groups excluding tert-OH is 1. The molecule has 38 heavy (non-hydrogen) atoms. The number of pyridine rings is 1. The first kappa shape index (κ1) is 24.7. The number of hydrogen-bond acceptors (Lipinski definition) is 5. The Labute approximate surface area is 221 Å². The van der Waals surface area contributed by atoms with Crippen LogP contribution < -0.4 is 4.74 Å². The van der Waals surface area contributed by atoms with Gasteiger partial charge in [0.15, 0.2) is 11.5 Å². The molecule has 1 atom stereocenters. The van der Waals surface area contributed by atoms with Gasteiger partial charge in [0, 0.05) is 18.9 Å². The summed E-state index contributed by atoms with van der Waals surface area (Å²) < 4.78 is 6.01. The van der Waals surface area contributed by atoms with Crippen molar-refractivity contribution in [3.05, 3.63) is 149 Å². The van der Waals surface area contributed by atoms with Gasteiger partial charge in [-0.1, -0.05) is 84.9 Å². The van der Waals surface area contributed by atoms with Crippen molar-refractivity contribution in [3.8, 4) is 5.75 Å². The smallest absolute Gasteiger partial charge is 0.290 e. The fraction of sp³-hybridized carbons (Fsp3) is 0.0938. The van der Waals surface area contributed by atoms with Gasteiger partial charge in [-0.3, -0.25) is 14.6 Å². The van der Waals surface area contributed by atoms with Crippen LogP contribution in [0.3, 0.4) is 0 Å². The van der Waals surface area contributed by atoms with E-state index < -0.39 is 23.5 Å². The standard InChI is InChI=1S/C32H26N2O4/c35-28(17-16-23-9-3-1-4-10-23)29-30(34(32(37)31(29)36)21-25-13-8-18-33-20-25)26-14-7-15-27(19-26)38-22-24-11-5-2-6-12-24/h1-20,30,36H,21-22H2. The van der Waals surface area contributed by atoms with E-state index in [1.54, 1.807) is 24.5 Å². The van der Waals surface area contributed by atoms with Gasteiger partial charge in [0.1, 0.15) is 12.4 Å². The van der Waals surface area contributed by atoms with Gasteiger partial charge in [0.2, 0.25) is 0 Å². The van der Waals surface area contributed by atoms with Crippen LogP contribution in [-0.4, -0.2) is 26.7 Å². The fourth-order valence-corrected chi connectivity index (χ4v) is 4.44. The molecule has 6 nitrogen and oxygen atoms in total. The van der Waals surface area contributed by atoms with Crippen LogP contribution in [0.1, 0.15) is 28.3 Å². The summed E-state index contributed by atoms with van der Waals surface area (Å²) in [6.45, 7) is 0.551. The van der Waals surface area contributed by atoms with Crippen LogP contribution in [0.2, 0.25) is 0 Å². The molecule has 1 aliphatic rings. The number of carbonyl (C=O) groups is 2. The van der Waals surface area contributed by atoms with Crippen LogP contribution >= 0.6 is 0 Å². The number of aliphatic hydroxyl groups is 1. The summed E-state index contributed by atoms with van der Waals surface area (Å²) in [6, 6.07) is 29.3. The molecule has 1 unspecified atom stereocenters. The van der Waals surface area contributed by atoms with Crippen LogP contribution in [0.15, 0.2) is 127 Å². The molecule has 0 saturated carbocycles. The number of allylic oxidation sites excluding steroid dienone is 1. The lowest BCUT2D eigenvalue weighted by molar-refractivity contribution is -0.130. The number of aromatic nitrogens is 1. The molecule has 3 aromatic carbocycles. The van der Waals surface area contributed by atoms with Gasteiger partial charge < -0.3 is 14.7 Å². The summed E-state index contributed by atoms with van der Waals surface area (Å²) in [7, 11) is 0. The minimum atomic E-state index is -0.795. The van der Waals surface area contributed by atoms with E-state index in [4.69, 9.17) is 4.74 Å². The second kappa shape index (κ2) is 11.4. The highest BCUT2D eigenvalue weighted by atomic mass is 16.5. The molecule has 0 radical (unpaired) electrons. The maximum atomic E-state index is 13.4. The van der Waals surface area contributed by atoms with E-state index in [-0.39, 0.29) is 12.1 Å². The Morgan fingerprint density at radius 2 is 1.66 bits per heavy atom. The summed E-state index contributed by atoms with van der Waals surface area (Å²) >= 11 is 0. The number of amides is 1. The van der Waals surface area contributed by atoms with E-state index in [2.05, 4.69) is 4.98 Å². The van der Waals surface area contributed by atoms with Gasteiger partial charge in [-0.25, -0.2) is 0 Å². The number of rotatable bonds is 9. The van der Waals surface area contributed by atoms with Crippen LogP contribution in [0.5, 0.6) is 5.75 Å². The Balaban J connectivity index is 1.48. The van der Waals surface area contributed by atoms with E-state index in [0.717, 1.165) is 16.7 Å². The first-order valence-electron chi connectivity index (χ1n) is 12.3. The SMILES string of the molecule is O=C(C=Cc1ccccc1)C1=C(O)C(=O)N(Cc2cccnc2)C1c1cccc(OCc2ccccc2)c1. The second-order valence-corrected chi connectivity index (χ2v) is 8.91. The zero-order valence-corrected chi connectivity index (χ0v) is 20.6. The quantitative estimate of drug-likeness (QED) is 0.291. The average Bonchev–Trinajstić information content (AvgIpc) is 3.21. The van der Waals surface area contributed by atoms with Gasteiger partial charge in [-0.2, -0.15) is 0 Å². The summed E-state index contributed by atoms with van der Waals surface area (Å²) in [6.07, 6.45) is 6.38. The molecule has 0 fully saturated rings. The van der Waals surface area contributed by atoms with Gasteiger partial charge in [-0.05, 0) is 46.5 Å². The van der Waals surface area contributed by atoms with Crippen molar-refractivity contribution in [2.24, 2.45) is 0 Å². The molecule has 0 spiro atoms. The first-order chi connectivity index (χ1) is 18.6. The van der Waals surface area contributed by atoms with Crippen LogP contribution in [0.4, 0.5) is 0 Å². The number of ether oxygens (including phenoxy) is 1. The lowest BCUT2D eigenvalue weighted by Gasteiger charge is -2.27. The Bertz CT molecular complexity index is 1480. The van der Waals surface area contributed by atoms with Crippen molar-refractivity contribution in [1.82, 2.24) is 9.88 Å². The number of ketones is 1. The Hall–Kier alpha value is -4.97. The summed E-state index contributed by atoms with van der Waals surface area (Å²) in [5, 5.41) is 10.9. The molecule has 0 saturated heterocycles. The molecule has 1 amide bonds. The van der Waals surface area contributed by atoms with E-state index in [1.165, 1.54) is 11.0 Å². The molecule has 1 aliphatic heterocycles. The van der Waals surface area contributed by atoms with E-state index in [1.807, 2.05) is 91.0 Å².